The van der Waals surface area contributed by atoms with Crippen LogP contribution in [-0.2, 0) is 9.53 Å². The van der Waals surface area contributed by atoms with Crippen molar-refractivity contribution in [2.24, 2.45) is 0 Å². The lowest BCUT2D eigenvalue weighted by Gasteiger charge is -2.12. The second kappa shape index (κ2) is 5.79. The van der Waals surface area contributed by atoms with Gasteiger partial charge in [0, 0.05) is 0 Å². The fourth-order valence-corrected chi connectivity index (χ4v) is 1.22. The highest BCUT2D eigenvalue weighted by Crippen LogP contribution is 2.20. The minimum absolute atomic E-state index is 0.0387. The van der Waals surface area contributed by atoms with E-state index in [9.17, 15) is 4.79 Å². The van der Waals surface area contributed by atoms with Gasteiger partial charge in [0.25, 0.3) is 0 Å². The third kappa shape index (κ3) is 3.01. The smallest absolute Gasteiger partial charge is 0.337 e. The maximum atomic E-state index is 10.9. The summed E-state index contributed by atoms with van der Waals surface area (Å²) in [7, 11) is 1.54. The van der Waals surface area contributed by atoms with E-state index in [4.69, 9.17) is 21.0 Å². The van der Waals surface area contributed by atoms with E-state index in [0.29, 0.717) is 11.3 Å². The molecule has 1 N–H and O–H groups in total. The van der Waals surface area contributed by atoms with Gasteiger partial charge in [-0.3, -0.25) is 0 Å². The van der Waals surface area contributed by atoms with Gasteiger partial charge in [-0.2, -0.15) is 0 Å². The molecule has 4 nitrogen and oxygen atoms in total. The van der Waals surface area contributed by atoms with Gasteiger partial charge >= 0.3 is 5.97 Å². The lowest BCUT2D eigenvalue weighted by Crippen LogP contribution is -2.15. The first-order valence-corrected chi connectivity index (χ1v) is 4.61. The Morgan fingerprint density at radius 1 is 1.50 bits per heavy atom. The molecular weight excluding hydrogens is 208 g/mol. The monoisotopic (exact) mass is 220 g/mol. The van der Waals surface area contributed by atoms with E-state index >= 15 is 0 Å². The summed E-state index contributed by atoms with van der Waals surface area (Å²) >= 11 is 0. The molecule has 1 atom stereocenters. The Morgan fingerprint density at radius 3 is 2.56 bits per heavy atom. The van der Waals surface area contributed by atoms with Crippen molar-refractivity contribution in [1.29, 1.82) is 0 Å². The Hall–Kier alpha value is -1.99. The van der Waals surface area contributed by atoms with E-state index < -0.39 is 12.1 Å². The molecule has 0 spiro atoms. The number of terminal acetylenes is 1. The second-order valence-corrected chi connectivity index (χ2v) is 3.01. The van der Waals surface area contributed by atoms with Crippen LogP contribution in [0.4, 0.5) is 0 Å². The number of aliphatic carboxylic acids is 1. The van der Waals surface area contributed by atoms with Crippen LogP contribution < -0.4 is 4.74 Å². The van der Waals surface area contributed by atoms with Crippen molar-refractivity contribution in [3.05, 3.63) is 29.8 Å². The van der Waals surface area contributed by atoms with Crippen LogP contribution in [0.25, 0.3) is 0 Å². The fourth-order valence-electron chi connectivity index (χ4n) is 1.22. The zero-order valence-electron chi connectivity index (χ0n) is 8.84. The second-order valence-electron chi connectivity index (χ2n) is 3.01. The first kappa shape index (κ1) is 12.1. The van der Waals surface area contributed by atoms with Gasteiger partial charge in [-0.15, -0.1) is 6.42 Å². The SMILES string of the molecule is C#CCOC(C(=O)O)c1ccc(OC)cc1. The molecule has 0 fully saturated rings. The summed E-state index contributed by atoms with van der Waals surface area (Å²) in [4.78, 5) is 10.9. The third-order valence-electron chi connectivity index (χ3n) is 1.98. The number of methoxy groups -OCH3 is 1. The first-order valence-electron chi connectivity index (χ1n) is 4.61. The van der Waals surface area contributed by atoms with E-state index in [0.717, 1.165) is 0 Å². The van der Waals surface area contributed by atoms with E-state index in [1.54, 1.807) is 31.4 Å². The number of rotatable bonds is 5. The molecule has 1 aromatic rings. The quantitative estimate of drug-likeness (QED) is 0.763. The van der Waals surface area contributed by atoms with Crippen LogP contribution in [0.1, 0.15) is 11.7 Å². The van der Waals surface area contributed by atoms with Crippen molar-refractivity contribution in [2.75, 3.05) is 13.7 Å². The molecular formula is C12H12O4. The first-order chi connectivity index (χ1) is 7.69. The molecule has 0 heterocycles. The van der Waals surface area contributed by atoms with Crippen molar-refractivity contribution in [3.8, 4) is 18.1 Å². The predicted molar refractivity (Wildman–Crippen MR) is 58.2 cm³/mol. The number of ether oxygens (including phenoxy) is 2. The topological polar surface area (TPSA) is 55.8 Å². The number of carboxylic acid groups (broad SMARTS) is 1. The molecule has 0 aliphatic rings. The maximum absolute atomic E-state index is 10.9. The molecule has 0 amide bonds. The molecule has 1 rings (SSSR count). The molecule has 0 saturated carbocycles. The van der Waals surface area contributed by atoms with Gasteiger partial charge in [0.15, 0.2) is 6.10 Å². The minimum atomic E-state index is -1.07. The molecule has 0 bridgehead atoms. The molecule has 4 heteroatoms. The molecule has 1 aromatic carbocycles. The predicted octanol–water partition coefficient (Wildman–Crippen LogP) is 1.47. The van der Waals surface area contributed by atoms with Crippen LogP contribution in [0.2, 0.25) is 0 Å². The van der Waals surface area contributed by atoms with Crippen molar-refractivity contribution >= 4 is 5.97 Å². The number of carbonyl (C=O) groups is 1. The third-order valence-corrected chi connectivity index (χ3v) is 1.98. The van der Waals surface area contributed by atoms with Gasteiger partial charge in [-0.1, -0.05) is 18.1 Å². The lowest BCUT2D eigenvalue weighted by molar-refractivity contribution is -0.149. The van der Waals surface area contributed by atoms with Gasteiger partial charge < -0.3 is 14.6 Å². The summed E-state index contributed by atoms with van der Waals surface area (Å²) in [5.41, 5.74) is 0.531. The average molecular weight is 220 g/mol. The van der Waals surface area contributed by atoms with Crippen LogP contribution in [0, 0.1) is 12.3 Å². The largest absolute Gasteiger partial charge is 0.497 e. The highest BCUT2D eigenvalue weighted by atomic mass is 16.5. The molecule has 0 aromatic heterocycles. The highest BCUT2D eigenvalue weighted by Gasteiger charge is 2.19. The molecule has 0 aliphatic carbocycles. The number of carboxylic acids is 1. The average Bonchev–Trinajstić information content (AvgIpc) is 2.30. The van der Waals surface area contributed by atoms with Crippen molar-refractivity contribution in [3.63, 3.8) is 0 Å². The Balaban J connectivity index is 2.84. The summed E-state index contributed by atoms with van der Waals surface area (Å²) in [6.45, 7) is -0.0387. The van der Waals surface area contributed by atoms with Gasteiger partial charge in [0.1, 0.15) is 12.4 Å². The molecule has 0 saturated heterocycles. The zero-order valence-corrected chi connectivity index (χ0v) is 8.84. The fraction of sp³-hybridized carbons (Fsp3) is 0.250. The summed E-state index contributed by atoms with van der Waals surface area (Å²) in [5, 5.41) is 8.95. The van der Waals surface area contributed by atoms with E-state index in [1.807, 2.05) is 0 Å². The Morgan fingerprint density at radius 2 is 2.12 bits per heavy atom. The summed E-state index contributed by atoms with van der Waals surface area (Å²) in [6.07, 6.45) is 3.97. The highest BCUT2D eigenvalue weighted by molar-refractivity contribution is 5.74. The lowest BCUT2D eigenvalue weighted by atomic mass is 10.1. The van der Waals surface area contributed by atoms with Crippen LogP contribution in [0.15, 0.2) is 24.3 Å². The molecule has 1 unspecified atom stereocenters. The van der Waals surface area contributed by atoms with Crippen LogP contribution in [0.3, 0.4) is 0 Å². The molecule has 0 aliphatic heterocycles. The van der Waals surface area contributed by atoms with Crippen LogP contribution in [0.5, 0.6) is 5.75 Å². The number of hydrogen-bond donors (Lipinski definition) is 1. The Labute approximate surface area is 93.8 Å². The Kier molecular flexibility index (Phi) is 4.37. The Bertz CT molecular complexity index is 388. The van der Waals surface area contributed by atoms with E-state index in [1.165, 1.54) is 0 Å². The van der Waals surface area contributed by atoms with Gasteiger partial charge in [-0.25, -0.2) is 4.79 Å². The number of benzene rings is 1. The van der Waals surface area contributed by atoms with E-state index in [-0.39, 0.29) is 6.61 Å². The maximum Gasteiger partial charge on any atom is 0.337 e. The normalized spacial score (nSPS) is 11.5. The van der Waals surface area contributed by atoms with Crippen molar-refractivity contribution in [1.82, 2.24) is 0 Å². The molecule has 84 valence electrons. The molecule has 0 radical (unpaired) electrons. The van der Waals surface area contributed by atoms with Crippen molar-refractivity contribution < 1.29 is 19.4 Å². The summed E-state index contributed by atoms with van der Waals surface area (Å²) in [6, 6.07) is 6.61. The summed E-state index contributed by atoms with van der Waals surface area (Å²) in [5.74, 6) is 1.82. The standard InChI is InChI=1S/C12H12O4/c1-3-8-16-11(12(13)14)9-4-6-10(15-2)7-5-9/h1,4-7,11H,8H2,2H3,(H,13,14). The van der Waals surface area contributed by atoms with Crippen LogP contribution in [-0.4, -0.2) is 24.8 Å². The summed E-state index contributed by atoms with van der Waals surface area (Å²) < 4.78 is 10.0. The minimum Gasteiger partial charge on any atom is -0.497 e. The zero-order chi connectivity index (χ0) is 12.0. The van der Waals surface area contributed by atoms with Gasteiger partial charge in [0.05, 0.1) is 7.11 Å². The van der Waals surface area contributed by atoms with Gasteiger partial charge in [-0.05, 0) is 17.7 Å². The molecule has 16 heavy (non-hydrogen) atoms. The van der Waals surface area contributed by atoms with Gasteiger partial charge in [0.2, 0.25) is 0 Å². The number of hydrogen-bond acceptors (Lipinski definition) is 3. The van der Waals surface area contributed by atoms with Crippen LogP contribution >= 0.6 is 0 Å². The van der Waals surface area contributed by atoms with Crippen molar-refractivity contribution in [2.45, 2.75) is 6.10 Å². The van der Waals surface area contributed by atoms with E-state index in [2.05, 4.69) is 5.92 Å².